The van der Waals surface area contributed by atoms with Crippen molar-refractivity contribution in [3.05, 3.63) is 111 Å². The molecule has 0 fully saturated rings. The number of aromatic nitrogens is 2. The highest BCUT2D eigenvalue weighted by Gasteiger charge is 2.42. The van der Waals surface area contributed by atoms with Gasteiger partial charge in [0.25, 0.3) is 5.69 Å². The van der Waals surface area contributed by atoms with Crippen LogP contribution in [0.3, 0.4) is 0 Å². The molecule has 0 saturated heterocycles. The van der Waals surface area contributed by atoms with Crippen LogP contribution in [0, 0.1) is 16.0 Å². The van der Waals surface area contributed by atoms with Crippen molar-refractivity contribution in [2.45, 2.75) is 33.2 Å². The van der Waals surface area contributed by atoms with Gasteiger partial charge in [0.05, 0.1) is 23.9 Å². The second kappa shape index (κ2) is 12.3. The second-order valence-electron chi connectivity index (χ2n) is 9.50. The predicted molar refractivity (Wildman–Crippen MR) is 150 cm³/mol. The van der Waals surface area contributed by atoms with Crippen LogP contribution in [0.4, 0.5) is 5.69 Å². The van der Waals surface area contributed by atoms with E-state index in [0.717, 1.165) is 23.2 Å². The summed E-state index contributed by atoms with van der Waals surface area (Å²) in [6.07, 6.45) is 7.21. The smallest absolute Gasteiger partial charge is 0.336 e. The van der Waals surface area contributed by atoms with Crippen LogP contribution >= 0.6 is 0 Å². The summed E-state index contributed by atoms with van der Waals surface area (Å²) in [5, 5.41) is 11.4. The van der Waals surface area contributed by atoms with E-state index in [1.165, 1.54) is 25.3 Å². The number of allylic oxidation sites excluding steroid dienone is 2. The van der Waals surface area contributed by atoms with E-state index in [0.29, 0.717) is 17.0 Å². The van der Waals surface area contributed by atoms with Crippen LogP contribution in [0.25, 0.3) is 5.57 Å². The van der Waals surface area contributed by atoms with Gasteiger partial charge in [-0.25, -0.2) is 9.78 Å². The third kappa shape index (κ3) is 6.23. The standard InChI is InChI=1S/C30H30N4O6/c1-19(23-10-8-22(9-11-23)17-33-14-13-31-18-33)12-15-40-30(36)27-21(3)32-20(2)26(29(35)39-4)28(27)24-6-5-7-25(16-24)34(37)38/h5-14,16,18,26,28H,15,17H2,1-4H3. The molecule has 4 rings (SSSR count). The van der Waals surface area contributed by atoms with Crippen LogP contribution in [0.1, 0.15) is 43.4 Å². The van der Waals surface area contributed by atoms with Crippen LogP contribution in [-0.2, 0) is 25.6 Å². The first-order valence-electron chi connectivity index (χ1n) is 12.7. The van der Waals surface area contributed by atoms with Gasteiger partial charge < -0.3 is 14.0 Å². The first-order valence-corrected chi connectivity index (χ1v) is 12.7. The minimum Gasteiger partial charge on any atom is -0.468 e. The number of benzene rings is 2. The Morgan fingerprint density at radius 3 is 2.55 bits per heavy atom. The molecular weight excluding hydrogens is 512 g/mol. The predicted octanol–water partition coefficient (Wildman–Crippen LogP) is 5.11. The van der Waals surface area contributed by atoms with Crippen molar-refractivity contribution in [1.29, 1.82) is 0 Å². The Morgan fingerprint density at radius 2 is 1.90 bits per heavy atom. The van der Waals surface area contributed by atoms with E-state index in [-0.39, 0.29) is 17.9 Å². The molecule has 0 saturated carbocycles. The summed E-state index contributed by atoms with van der Waals surface area (Å²) >= 11 is 0. The van der Waals surface area contributed by atoms with Crippen molar-refractivity contribution < 1.29 is 24.0 Å². The minimum absolute atomic E-state index is 0.00845. The number of aliphatic imine (C=N–C) groups is 1. The molecule has 2 unspecified atom stereocenters. The molecule has 0 amide bonds. The second-order valence-corrected chi connectivity index (χ2v) is 9.50. The highest BCUT2D eigenvalue weighted by atomic mass is 16.6. The van der Waals surface area contributed by atoms with Gasteiger partial charge >= 0.3 is 11.9 Å². The van der Waals surface area contributed by atoms with E-state index in [1.54, 1.807) is 38.5 Å². The molecule has 0 radical (unpaired) electrons. The number of hydrogen-bond donors (Lipinski definition) is 0. The molecule has 10 nitrogen and oxygen atoms in total. The average molecular weight is 543 g/mol. The number of carbonyl (C=O) groups is 2. The zero-order valence-corrected chi connectivity index (χ0v) is 22.7. The molecule has 1 aliphatic rings. The lowest BCUT2D eigenvalue weighted by Gasteiger charge is -2.31. The molecule has 2 aromatic carbocycles. The highest BCUT2D eigenvalue weighted by molar-refractivity contribution is 6.07. The lowest BCUT2D eigenvalue weighted by Crippen LogP contribution is -2.36. The van der Waals surface area contributed by atoms with E-state index in [1.807, 2.05) is 42.0 Å². The highest BCUT2D eigenvalue weighted by Crippen LogP contribution is 2.41. The molecule has 2 heterocycles. The van der Waals surface area contributed by atoms with Crippen molar-refractivity contribution in [3.63, 3.8) is 0 Å². The molecule has 0 aliphatic carbocycles. The summed E-state index contributed by atoms with van der Waals surface area (Å²) in [5.74, 6) is -3.04. The number of carbonyl (C=O) groups excluding carboxylic acids is 2. The molecule has 3 aromatic rings. The Kier molecular flexibility index (Phi) is 8.68. The first-order chi connectivity index (χ1) is 19.2. The molecule has 0 spiro atoms. The normalized spacial score (nSPS) is 17.3. The van der Waals surface area contributed by atoms with Gasteiger partial charge in [-0.05, 0) is 49.1 Å². The first kappa shape index (κ1) is 28.2. The number of esters is 2. The number of nitrogens with zero attached hydrogens (tertiary/aromatic N) is 4. The van der Waals surface area contributed by atoms with Crippen LogP contribution in [0.2, 0.25) is 0 Å². The van der Waals surface area contributed by atoms with Crippen LogP contribution in [-0.4, -0.2) is 45.8 Å². The summed E-state index contributed by atoms with van der Waals surface area (Å²) in [6.45, 7) is 5.96. The van der Waals surface area contributed by atoms with Gasteiger partial charge in [0, 0.05) is 48.4 Å². The monoisotopic (exact) mass is 542 g/mol. The molecule has 1 aromatic heterocycles. The Morgan fingerprint density at radius 1 is 1.15 bits per heavy atom. The van der Waals surface area contributed by atoms with Crippen molar-refractivity contribution in [1.82, 2.24) is 9.55 Å². The SMILES string of the molecule is COC(=O)C1C(C)=NC(C)=C(C(=O)OCC=C(C)c2ccc(Cn3ccnc3)cc2)C1c1cccc([N+](=O)[O-])c1. The van der Waals surface area contributed by atoms with Crippen molar-refractivity contribution >= 4 is 28.9 Å². The summed E-state index contributed by atoms with van der Waals surface area (Å²) in [4.78, 5) is 45.6. The van der Waals surface area contributed by atoms with Crippen molar-refractivity contribution in [2.24, 2.45) is 10.9 Å². The number of ether oxygens (including phenoxy) is 2. The van der Waals surface area contributed by atoms with Crippen molar-refractivity contribution in [3.8, 4) is 0 Å². The molecule has 0 bridgehead atoms. The van der Waals surface area contributed by atoms with Crippen LogP contribution in [0.5, 0.6) is 0 Å². The molecule has 10 heteroatoms. The zero-order valence-electron chi connectivity index (χ0n) is 22.7. The van der Waals surface area contributed by atoms with Gasteiger partial charge in [-0.2, -0.15) is 0 Å². The Labute approximate surface area is 231 Å². The fourth-order valence-electron chi connectivity index (χ4n) is 4.83. The maximum Gasteiger partial charge on any atom is 0.336 e. The molecule has 0 N–H and O–H groups in total. The third-order valence-corrected chi connectivity index (χ3v) is 6.88. The number of rotatable bonds is 9. The van der Waals surface area contributed by atoms with Gasteiger partial charge in [0.1, 0.15) is 12.5 Å². The summed E-state index contributed by atoms with van der Waals surface area (Å²) in [6, 6.07) is 14.0. The fourth-order valence-corrected chi connectivity index (χ4v) is 4.83. The number of methoxy groups -OCH3 is 1. The van der Waals surface area contributed by atoms with Gasteiger partial charge in [-0.15, -0.1) is 0 Å². The van der Waals surface area contributed by atoms with E-state index >= 15 is 0 Å². The minimum atomic E-state index is -0.934. The van der Waals surface area contributed by atoms with Gasteiger partial charge in [0.2, 0.25) is 0 Å². The van der Waals surface area contributed by atoms with Gasteiger partial charge in [-0.1, -0.05) is 36.4 Å². The van der Waals surface area contributed by atoms with Crippen LogP contribution in [0.15, 0.2) is 89.6 Å². The number of nitro groups is 1. The van der Waals surface area contributed by atoms with Gasteiger partial charge in [0.15, 0.2) is 0 Å². The van der Waals surface area contributed by atoms with E-state index < -0.39 is 28.7 Å². The number of non-ortho nitro benzene ring substituents is 1. The number of imidazole rings is 1. The topological polar surface area (TPSA) is 126 Å². The average Bonchev–Trinajstić information content (AvgIpc) is 3.45. The maximum atomic E-state index is 13.4. The summed E-state index contributed by atoms with van der Waals surface area (Å²) < 4.78 is 12.6. The zero-order chi connectivity index (χ0) is 28.8. The quantitative estimate of drug-likeness (QED) is 0.209. The third-order valence-electron chi connectivity index (χ3n) is 6.88. The largest absolute Gasteiger partial charge is 0.468 e. The molecule has 1 aliphatic heterocycles. The molecular formula is C30H30N4O6. The van der Waals surface area contributed by atoms with Gasteiger partial charge in [-0.3, -0.25) is 19.9 Å². The maximum absolute atomic E-state index is 13.4. The van der Waals surface area contributed by atoms with E-state index in [4.69, 9.17) is 9.47 Å². The Balaban J connectivity index is 1.54. The van der Waals surface area contributed by atoms with E-state index in [2.05, 4.69) is 9.98 Å². The molecule has 206 valence electrons. The number of nitro benzene ring substituents is 1. The Hall–Kier alpha value is -4.86. The summed E-state index contributed by atoms with van der Waals surface area (Å²) in [7, 11) is 1.25. The summed E-state index contributed by atoms with van der Waals surface area (Å²) in [5.41, 5.74) is 4.30. The molecule has 40 heavy (non-hydrogen) atoms. The van der Waals surface area contributed by atoms with E-state index in [9.17, 15) is 19.7 Å². The van der Waals surface area contributed by atoms with Crippen molar-refractivity contribution in [2.75, 3.05) is 13.7 Å². The lowest BCUT2D eigenvalue weighted by atomic mass is 9.75. The van der Waals surface area contributed by atoms with Crippen LogP contribution < -0.4 is 0 Å². The lowest BCUT2D eigenvalue weighted by molar-refractivity contribution is -0.384. The molecule has 2 atom stereocenters. The number of hydrogen-bond acceptors (Lipinski definition) is 8. The fraction of sp³-hybridized carbons (Fsp3) is 0.267. The Bertz CT molecular complexity index is 1500.